The fourth-order valence-corrected chi connectivity index (χ4v) is 1.50. The van der Waals surface area contributed by atoms with Crippen LogP contribution in [0.25, 0.3) is 0 Å². The second-order valence-electron chi connectivity index (χ2n) is 3.45. The molecule has 0 aliphatic carbocycles. The van der Waals surface area contributed by atoms with Crippen LogP contribution in [-0.4, -0.2) is 14.9 Å². The van der Waals surface area contributed by atoms with Gasteiger partial charge in [-0.15, -0.1) is 0 Å². The van der Waals surface area contributed by atoms with Gasteiger partial charge in [-0.2, -0.15) is 5.10 Å². The lowest BCUT2D eigenvalue weighted by Crippen LogP contribution is -2.04. The summed E-state index contributed by atoms with van der Waals surface area (Å²) in [5.41, 5.74) is 7.65. The number of anilines is 1. The van der Waals surface area contributed by atoms with Gasteiger partial charge in [-0.05, 0) is 12.1 Å². The van der Waals surface area contributed by atoms with Crippen molar-refractivity contribution in [3.63, 3.8) is 0 Å². The zero-order valence-corrected chi connectivity index (χ0v) is 8.46. The molecule has 2 aromatic rings. The first kappa shape index (κ1) is 9.73. The third-order valence-corrected chi connectivity index (χ3v) is 2.30. The molecule has 0 amide bonds. The van der Waals surface area contributed by atoms with Crippen LogP contribution in [0.4, 0.5) is 5.69 Å². The number of aryl methyl sites for hydroxylation is 1. The van der Waals surface area contributed by atoms with E-state index >= 15 is 0 Å². The molecule has 2 rings (SSSR count). The monoisotopic (exact) mass is 203 g/mol. The molecule has 0 aliphatic rings. The fraction of sp³-hybridized carbons (Fsp3) is 0.182. The Kier molecular flexibility index (Phi) is 2.43. The van der Waals surface area contributed by atoms with Gasteiger partial charge in [0.25, 0.3) is 0 Å². The average molecular weight is 203 g/mol. The van der Waals surface area contributed by atoms with Crippen molar-refractivity contribution < 1.29 is 5.11 Å². The summed E-state index contributed by atoms with van der Waals surface area (Å²) >= 11 is 0. The number of rotatable bonds is 2. The van der Waals surface area contributed by atoms with Crippen molar-refractivity contribution in [3.8, 4) is 0 Å². The van der Waals surface area contributed by atoms with E-state index in [0.29, 0.717) is 16.9 Å². The number of para-hydroxylation sites is 1. The van der Waals surface area contributed by atoms with Crippen molar-refractivity contribution in [2.45, 2.75) is 6.10 Å². The zero-order chi connectivity index (χ0) is 10.8. The summed E-state index contributed by atoms with van der Waals surface area (Å²) in [4.78, 5) is 0. The second kappa shape index (κ2) is 3.74. The van der Waals surface area contributed by atoms with E-state index in [-0.39, 0.29) is 0 Å². The number of nitrogens with zero attached hydrogens (tertiary/aromatic N) is 2. The third-order valence-electron chi connectivity index (χ3n) is 2.30. The van der Waals surface area contributed by atoms with E-state index in [0.717, 1.165) is 0 Å². The van der Waals surface area contributed by atoms with Crippen LogP contribution in [0.2, 0.25) is 0 Å². The van der Waals surface area contributed by atoms with E-state index in [1.165, 1.54) is 0 Å². The highest BCUT2D eigenvalue weighted by molar-refractivity contribution is 5.49. The second-order valence-corrected chi connectivity index (χ2v) is 3.45. The Morgan fingerprint density at radius 1 is 1.33 bits per heavy atom. The molecule has 4 heteroatoms. The number of benzene rings is 1. The van der Waals surface area contributed by atoms with Gasteiger partial charge in [0.2, 0.25) is 0 Å². The van der Waals surface area contributed by atoms with Gasteiger partial charge in [-0.25, -0.2) is 0 Å². The molecule has 1 heterocycles. The number of hydrogen-bond acceptors (Lipinski definition) is 3. The molecule has 0 aliphatic heterocycles. The number of hydrogen-bond donors (Lipinski definition) is 2. The maximum atomic E-state index is 10.0. The molecular weight excluding hydrogens is 190 g/mol. The van der Waals surface area contributed by atoms with Crippen molar-refractivity contribution in [1.29, 1.82) is 0 Å². The first-order valence-electron chi connectivity index (χ1n) is 4.70. The van der Waals surface area contributed by atoms with E-state index in [4.69, 9.17) is 5.73 Å². The van der Waals surface area contributed by atoms with Crippen molar-refractivity contribution in [2.75, 3.05) is 5.73 Å². The van der Waals surface area contributed by atoms with Crippen LogP contribution in [0, 0.1) is 0 Å². The Labute approximate surface area is 88.0 Å². The Hall–Kier alpha value is -1.81. The Morgan fingerprint density at radius 3 is 2.67 bits per heavy atom. The summed E-state index contributed by atoms with van der Waals surface area (Å²) in [6.07, 6.45) is 1.03. The minimum Gasteiger partial charge on any atom is -0.398 e. The molecule has 0 radical (unpaired) electrons. The number of aliphatic hydroxyl groups is 1. The van der Waals surface area contributed by atoms with Crippen LogP contribution in [0.3, 0.4) is 0 Å². The first-order chi connectivity index (χ1) is 7.18. The van der Waals surface area contributed by atoms with Gasteiger partial charge in [0, 0.05) is 24.5 Å². The van der Waals surface area contributed by atoms with Gasteiger partial charge >= 0.3 is 0 Å². The van der Waals surface area contributed by atoms with Crippen LogP contribution in [0.1, 0.15) is 17.4 Å². The van der Waals surface area contributed by atoms with Crippen molar-refractivity contribution >= 4 is 5.69 Å². The fourth-order valence-electron chi connectivity index (χ4n) is 1.50. The topological polar surface area (TPSA) is 64.1 Å². The highest BCUT2D eigenvalue weighted by atomic mass is 16.3. The molecule has 1 aromatic heterocycles. The van der Waals surface area contributed by atoms with Crippen molar-refractivity contribution in [1.82, 2.24) is 9.78 Å². The number of nitrogens with two attached hydrogens (primary N) is 1. The highest BCUT2D eigenvalue weighted by Gasteiger charge is 2.14. The molecule has 0 saturated heterocycles. The zero-order valence-electron chi connectivity index (χ0n) is 8.46. The number of aromatic nitrogens is 2. The predicted molar refractivity (Wildman–Crippen MR) is 58.1 cm³/mol. The molecule has 78 valence electrons. The molecule has 4 nitrogen and oxygen atoms in total. The van der Waals surface area contributed by atoms with Crippen LogP contribution in [0.15, 0.2) is 36.5 Å². The van der Waals surface area contributed by atoms with E-state index in [2.05, 4.69) is 5.10 Å². The molecule has 0 spiro atoms. The molecule has 1 unspecified atom stereocenters. The van der Waals surface area contributed by atoms with Crippen LogP contribution >= 0.6 is 0 Å². The molecule has 0 bridgehead atoms. The number of aliphatic hydroxyl groups excluding tert-OH is 1. The van der Waals surface area contributed by atoms with Gasteiger partial charge < -0.3 is 10.8 Å². The molecule has 1 atom stereocenters. The lowest BCUT2D eigenvalue weighted by molar-refractivity contribution is 0.215. The highest BCUT2D eigenvalue weighted by Crippen LogP contribution is 2.24. The van der Waals surface area contributed by atoms with Crippen LogP contribution in [0.5, 0.6) is 0 Å². The Bertz CT molecular complexity index is 464. The molecule has 3 N–H and O–H groups in total. The molecule has 15 heavy (non-hydrogen) atoms. The summed E-state index contributed by atoms with van der Waals surface area (Å²) < 4.78 is 1.65. The van der Waals surface area contributed by atoms with Crippen LogP contribution < -0.4 is 5.73 Å². The summed E-state index contributed by atoms with van der Waals surface area (Å²) in [7, 11) is 1.81. The number of nitrogen functional groups attached to an aromatic ring is 1. The molecule has 1 aromatic carbocycles. The van der Waals surface area contributed by atoms with Crippen molar-refractivity contribution in [3.05, 3.63) is 47.8 Å². The quantitative estimate of drug-likeness (QED) is 0.718. The first-order valence-corrected chi connectivity index (χ1v) is 4.70. The summed E-state index contributed by atoms with van der Waals surface area (Å²) in [6.45, 7) is 0. The minimum absolute atomic E-state index is 0.579. The van der Waals surface area contributed by atoms with Gasteiger partial charge in [-0.3, -0.25) is 4.68 Å². The van der Waals surface area contributed by atoms with Crippen LogP contribution in [-0.2, 0) is 7.05 Å². The maximum Gasteiger partial charge on any atom is 0.125 e. The summed E-state index contributed by atoms with van der Waals surface area (Å²) in [5, 5.41) is 14.2. The SMILES string of the molecule is Cn1ccc(C(O)c2ccccc2N)n1. The lowest BCUT2D eigenvalue weighted by atomic mass is 10.1. The smallest absolute Gasteiger partial charge is 0.125 e. The molecule has 0 saturated carbocycles. The van der Waals surface area contributed by atoms with Crippen molar-refractivity contribution in [2.24, 2.45) is 7.05 Å². The van der Waals surface area contributed by atoms with Gasteiger partial charge in [-0.1, -0.05) is 18.2 Å². The molecule has 0 fully saturated rings. The van der Waals surface area contributed by atoms with Gasteiger partial charge in [0.05, 0.1) is 5.69 Å². The maximum absolute atomic E-state index is 10.0. The normalized spacial score (nSPS) is 12.7. The summed E-state index contributed by atoms with van der Waals surface area (Å²) in [6, 6.07) is 9.02. The van der Waals surface area contributed by atoms with E-state index in [1.807, 2.05) is 19.2 Å². The minimum atomic E-state index is -0.757. The Balaban J connectivity index is 2.36. The van der Waals surface area contributed by atoms with Gasteiger partial charge in [0.1, 0.15) is 6.10 Å². The van der Waals surface area contributed by atoms with Gasteiger partial charge in [0.15, 0.2) is 0 Å². The Morgan fingerprint density at radius 2 is 2.07 bits per heavy atom. The third kappa shape index (κ3) is 1.85. The molecular formula is C11H13N3O. The van der Waals surface area contributed by atoms with E-state index in [1.54, 1.807) is 29.1 Å². The standard InChI is InChI=1S/C11H13N3O/c1-14-7-6-10(13-14)11(15)8-4-2-3-5-9(8)12/h2-7,11,15H,12H2,1H3. The largest absolute Gasteiger partial charge is 0.398 e. The lowest BCUT2D eigenvalue weighted by Gasteiger charge is -2.10. The van der Waals surface area contributed by atoms with E-state index < -0.39 is 6.10 Å². The summed E-state index contributed by atoms with van der Waals surface area (Å²) in [5.74, 6) is 0. The van der Waals surface area contributed by atoms with E-state index in [9.17, 15) is 5.11 Å². The predicted octanol–water partition coefficient (Wildman–Crippen LogP) is 1.08. The average Bonchev–Trinajstić information content (AvgIpc) is 2.65.